The van der Waals surface area contributed by atoms with Crippen molar-refractivity contribution < 1.29 is 13.2 Å². The largest absolute Gasteiger partial charge is 0.337 e. The molecule has 1 saturated heterocycles. The zero-order valence-corrected chi connectivity index (χ0v) is 18.6. The molecule has 2 heterocycles. The molecule has 0 saturated carbocycles. The third kappa shape index (κ3) is 4.13. The Balaban J connectivity index is 1.69. The highest BCUT2D eigenvalue weighted by atomic mass is 35.5. The van der Waals surface area contributed by atoms with Crippen molar-refractivity contribution in [2.24, 2.45) is 5.14 Å². The summed E-state index contributed by atoms with van der Waals surface area (Å²) in [5, 5.41) is 6.21. The minimum Gasteiger partial charge on any atom is -0.337 e. The lowest BCUT2D eigenvalue weighted by Crippen LogP contribution is -2.27. The number of nitrogens with two attached hydrogens (primary N) is 1. The molecule has 1 amide bonds. The molecule has 3 aromatic rings. The van der Waals surface area contributed by atoms with Crippen molar-refractivity contribution in [2.75, 3.05) is 13.1 Å². The van der Waals surface area contributed by atoms with Crippen molar-refractivity contribution in [3.63, 3.8) is 0 Å². The second-order valence-corrected chi connectivity index (χ2v) is 10.2. The number of likely N-dealkylation sites (tertiary alicyclic amines) is 1. The summed E-state index contributed by atoms with van der Waals surface area (Å²) in [6.45, 7) is 3.46. The number of halogens is 1. The molecule has 0 bridgehead atoms. The smallest absolute Gasteiger partial charge is 0.282 e. The van der Waals surface area contributed by atoms with Gasteiger partial charge < -0.3 is 4.90 Å². The highest BCUT2D eigenvalue weighted by Gasteiger charge is 2.24. The molecule has 2 N–H and O–H groups in total. The monoisotopic (exact) mass is 461 g/mol. The maximum absolute atomic E-state index is 12.7. The Kier molecular flexibility index (Phi) is 5.67. The van der Waals surface area contributed by atoms with Crippen LogP contribution in [0.5, 0.6) is 0 Å². The maximum Gasteiger partial charge on any atom is 0.282 e. The van der Waals surface area contributed by atoms with Crippen LogP contribution >= 0.6 is 22.9 Å². The van der Waals surface area contributed by atoms with Crippen LogP contribution in [0.15, 0.2) is 47.4 Å². The van der Waals surface area contributed by atoms with Gasteiger partial charge in [-0.1, -0.05) is 29.8 Å². The van der Waals surface area contributed by atoms with Gasteiger partial charge in [0.25, 0.3) is 5.91 Å². The molecule has 1 aliphatic heterocycles. The van der Waals surface area contributed by atoms with Crippen molar-refractivity contribution in [3.8, 4) is 21.6 Å². The number of thiazole rings is 1. The number of nitrogens with zero attached hydrogens (tertiary/aromatic N) is 2. The first-order chi connectivity index (χ1) is 14.2. The average Bonchev–Trinajstić information content (AvgIpc) is 3.37. The molecule has 1 aliphatic rings. The topological polar surface area (TPSA) is 93.4 Å². The zero-order chi connectivity index (χ0) is 21.5. The Labute approximate surface area is 184 Å². The summed E-state index contributed by atoms with van der Waals surface area (Å²) >= 11 is 7.80. The van der Waals surface area contributed by atoms with Crippen LogP contribution in [0.4, 0.5) is 0 Å². The first-order valence-electron chi connectivity index (χ1n) is 9.44. The molecular formula is C21H20ClN3O3S2. The number of aryl methyl sites for hydroxylation is 1. The number of sulfonamides is 1. The van der Waals surface area contributed by atoms with Gasteiger partial charge in [0.05, 0.1) is 15.5 Å². The van der Waals surface area contributed by atoms with Crippen LogP contribution in [0, 0.1) is 6.92 Å². The summed E-state index contributed by atoms with van der Waals surface area (Å²) < 4.78 is 23.0. The summed E-state index contributed by atoms with van der Waals surface area (Å²) in [7, 11) is -3.76. The first-order valence-corrected chi connectivity index (χ1v) is 12.2. The molecule has 0 atom stereocenters. The average molecular weight is 462 g/mol. The van der Waals surface area contributed by atoms with Crippen molar-refractivity contribution in [1.82, 2.24) is 9.88 Å². The number of amides is 1. The molecule has 1 aromatic heterocycles. The number of primary sulfonamides is 1. The Morgan fingerprint density at radius 2 is 1.73 bits per heavy atom. The van der Waals surface area contributed by atoms with E-state index < -0.39 is 10.0 Å². The van der Waals surface area contributed by atoms with E-state index >= 15 is 0 Å². The number of carbonyl (C=O) groups excluding carboxylic acids is 1. The minimum atomic E-state index is -3.76. The fourth-order valence-electron chi connectivity index (χ4n) is 3.52. The molecule has 156 valence electrons. The van der Waals surface area contributed by atoms with Gasteiger partial charge in [0, 0.05) is 23.7 Å². The van der Waals surface area contributed by atoms with Gasteiger partial charge in [-0.05, 0) is 55.2 Å². The quantitative estimate of drug-likeness (QED) is 0.626. The maximum atomic E-state index is 12.7. The molecule has 0 radical (unpaired) electrons. The second-order valence-electron chi connectivity index (χ2n) is 7.20. The van der Waals surface area contributed by atoms with Gasteiger partial charge in [-0.25, -0.2) is 18.5 Å². The van der Waals surface area contributed by atoms with Crippen LogP contribution in [0.25, 0.3) is 21.6 Å². The summed E-state index contributed by atoms with van der Waals surface area (Å²) in [6, 6.07) is 11.9. The molecule has 9 heteroatoms. The standard InChI is InChI=1S/C21H20ClN3O3S2/c1-13-19(29-20(24-13)21(26)25-10-2-3-11-25)15-6-9-18(22)17(12-15)14-4-7-16(8-5-14)30(23,27)28/h4-9,12H,2-3,10-11H2,1H3,(H2,23,27,28). The normalized spacial score (nSPS) is 14.3. The molecule has 30 heavy (non-hydrogen) atoms. The van der Waals surface area contributed by atoms with E-state index in [1.54, 1.807) is 18.2 Å². The van der Waals surface area contributed by atoms with E-state index in [4.69, 9.17) is 16.7 Å². The SMILES string of the molecule is Cc1nc(C(=O)N2CCCC2)sc1-c1ccc(Cl)c(-c2ccc(S(N)(=O)=O)cc2)c1. The summed E-state index contributed by atoms with van der Waals surface area (Å²) in [5.74, 6) is -0.0142. The minimum absolute atomic E-state index is 0.0142. The third-order valence-corrected chi connectivity index (χ3v) is 7.55. The lowest BCUT2D eigenvalue weighted by molar-refractivity contribution is 0.0792. The molecule has 2 aromatic carbocycles. The lowest BCUT2D eigenvalue weighted by Gasteiger charge is -2.12. The lowest BCUT2D eigenvalue weighted by atomic mass is 10.0. The van der Waals surface area contributed by atoms with Gasteiger partial charge in [-0.15, -0.1) is 11.3 Å². The fourth-order valence-corrected chi connectivity index (χ4v) is 5.30. The second kappa shape index (κ2) is 8.11. The number of hydrogen-bond acceptors (Lipinski definition) is 5. The number of carbonyl (C=O) groups is 1. The van der Waals surface area contributed by atoms with E-state index in [2.05, 4.69) is 4.98 Å². The van der Waals surface area contributed by atoms with Crippen molar-refractivity contribution in [1.29, 1.82) is 0 Å². The number of hydrogen-bond donors (Lipinski definition) is 1. The Morgan fingerprint density at radius 1 is 1.10 bits per heavy atom. The Morgan fingerprint density at radius 3 is 2.37 bits per heavy atom. The van der Waals surface area contributed by atoms with Crippen LogP contribution in [0.1, 0.15) is 28.3 Å². The van der Waals surface area contributed by atoms with Crippen LogP contribution in [-0.2, 0) is 10.0 Å². The van der Waals surface area contributed by atoms with E-state index in [1.807, 2.05) is 24.0 Å². The third-order valence-electron chi connectivity index (χ3n) is 5.10. The van der Waals surface area contributed by atoms with E-state index in [9.17, 15) is 13.2 Å². The van der Waals surface area contributed by atoms with Crippen molar-refractivity contribution in [2.45, 2.75) is 24.7 Å². The molecule has 0 unspecified atom stereocenters. The predicted octanol–water partition coefficient (Wildman–Crippen LogP) is 4.32. The molecule has 0 aliphatic carbocycles. The summed E-state index contributed by atoms with van der Waals surface area (Å²) in [5.41, 5.74) is 3.22. The number of aromatic nitrogens is 1. The van der Waals surface area contributed by atoms with Gasteiger partial charge in [0.15, 0.2) is 5.01 Å². The van der Waals surface area contributed by atoms with Gasteiger partial charge in [0.1, 0.15) is 0 Å². The van der Waals surface area contributed by atoms with Crippen LogP contribution in [0.2, 0.25) is 5.02 Å². The van der Waals surface area contributed by atoms with Crippen LogP contribution in [-0.4, -0.2) is 37.3 Å². The van der Waals surface area contributed by atoms with Crippen molar-refractivity contribution >= 4 is 38.9 Å². The Bertz CT molecular complexity index is 1210. The Hall–Kier alpha value is -2.26. The van der Waals surface area contributed by atoms with Gasteiger partial charge >= 0.3 is 0 Å². The van der Waals surface area contributed by atoms with Crippen LogP contribution in [0.3, 0.4) is 0 Å². The van der Waals surface area contributed by atoms with E-state index in [-0.39, 0.29) is 10.8 Å². The summed E-state index contributed by atoms with van der Waals surface area (Å²) in [4.78, 5) is 20.0. The molecule has 1 fully saturated rings. The molecule has 0 spiro atoms. The van der Waals surface area contributed by atoms with Gasteiger partial charge in [-0.2, -0.15) is 0 Å². The van der Waals surface area contributed by atoms with E-state index in [1.165, 1.54) is 23.5 Å². The van der Waals surface area contributed by atoms with Gasteiger partial charge in [-0.3, -0.25) is 4.79 Å². The molecule has 4 rings (SSSR count). The van der Waals surface area contributed by atoms with Gasteiger partial charge in [0.2, 0.25) is 10.0 Å². The fraction of sp³-hybridized carbons (Fsp3) is 0.238. The van der Waals surface area contributed by atoms with Crippen LogP contribution < -0.4 is 5.14 Å². The number of rotatable bonds is 4. The van der Waals surface area contributed by atoms with Crippen molar-refractivity contribution in [3.05, 3.63) is 58.2 Å². The molecular weight excluding hydrogens is 442 g/mol. The predicted molar refractivity (Wildman–Crippen MR) is 119 cm³/mol. The first kappa shape index (κ1) is 21.0. The highest BCUT2D eigenvalue weighted by Crippen LogP contribution is 2.37. The number of benzene rings is 2. The highest BCUT2D eigenvalue weighted by molar-refractivity contribution is 7.89. The van der Waals surface area contributed by atoms with E-state index in [0.717, 1.165) is 53.2 Å². The zero-order valence-electron chi connectivity index (χ0n) is 16.3. The van der Waals surface area contributed by atoms with E-state index in [0.29, 0.717) is 10.0 Å². The summed E-state index contributed by atoms with van der Waals surface area (Å²) in [6.07, 6.45) is 2.07. The molecule has 6 nitrogen and oxygen atoms in total.